The third-order valence-corrected chi connectivity index (χ3v) is 2.94. The average Bonchev–Trinajstić information content (AvgIpc) is 2.77. The highest BCUT2D eigenvalue weighted by atomic mass is 16.5. The molecule has 19 heavy (non-hydrogen) atoms. The number of fused-ring (bicyclic) bond motifs is 1. The Kier molecular flexibility index (Phi) is 4.31. The van der Waals surface area contributed by atoms with Gasteiger partial charge in [0.05, 0.1) is 26.0 Å². The number of ether oxygens (including phenoxy) is 2. The zero-order valence-corrected chi connectivity index (χ0v) is 11.9. The molecule has 3 heterocycles. The smallest absolute Gasteiger partial charge is 0.261 e. The van der Waals surface area contributed by atoms with Crippen molar-refractivity contribution in [3.63, 3.8) is 0 Å². The van der Waals surface area contributed by atoms with Crippen LogP contribution in [-0.4, -0.2) is 40.1 Å². The van der Waals surface area contributed by atoms with Gasteiger partial charge in [-0.1, -0.05) is 20.8 Å². The minimum Gasteiger partial charge on any atom is -0.478 e. The molecule has 0 aromatic carbocycles. The molecular weight excluding hydrogens is 244 g/mol. The van der Waals surface area contributed by atoms with Crippen molar-refractivity contribution in [2.45, 2.75) is 33.2 Å². The van der Waals surface area contributed by atoms with Crippen molar-refractivity contribution < 1.29 is 9.47 Å². The van der Waals surface area contributed by atoms with Crippen LogP contribution in [0.25, 0.3) is 11.2 Å². The molecule has 0 N–H and O–H groups in total. The predicted octanol–water partition coefficient (Wildman–Crippen LogP) is 1.99. The molecule has 0 bridgehead atoms. The Labute approximate surface area is 112 Å². The molecule has 6 nitrogen and oxygen atoms in total. The summed E-state index contributed by atoms with van der Waals surface area (Å²) in [5.74, 6) is 0.530. The van der Waals surface area contributed by atoms with E-state index in [-0.39, 0.29) is 6.04 Å². The van der Waals surface area contributed by atoms with Gasteiger partial charge in [0, 0.05) is 6.20 Å². The Hall–Kier alpha value is -1.69. The third-order valence-electron chi connectivity index (χ3n) is 2.94. The number of hydrogen-bond acceptors (Lipinski definition) is 5. The van der Waals surface area contributed by atoms with Crippen LogP contribution in [0.15, 0.2) is 6.20 Å². The van der Waals surface area contributed by atoms with Gasteiger partial charge < -0.3 is 9.47 Å². The van der Waals surface area contributed by atoms with Crippen LogP contribution in [0.3, 0.4) is 0 Å². The normalized spacial score (nSPS) is 14.7. The average molecular weight is 264 g/mol. The van der Waals surface area contributed by atoms with Gasteiger partial charge in [-0.15, -0.1) is 5.10 Å². The molecular formula is C13H20N4O2. The van der Waals surface area contributed by atoms with Gasteiger partial charge in [-0.2, -0.15) is 0 Å². The monoisotopic (exact) mass is 264 g/mol. The summed E-state index contributed by atoms with van der Waals surface area (Å²) in [5.41, 5.74) is 2.47. The molecule has 1 saturated heterocycles. The number of nitrogens with zero attached hydrogens (tertiary/aromatic N) is 4. The Morgan fingerprint density at radius 1 is 1.42 bits per heavy atom. The van der Waals surface area contributed by atoms with Crippen molar-refractivity contribution in [2.75, 3.05) is 20.3 Å². The standard InChI is InChI=1S/C11H14N4O2.C2H6/c1-3-7-4-12-9-10(13-7)15(8-5-17-6-8)14-11(9)16-2;1-2/h4,8H,3,5-6H2,1-2H3;1-2H3. The van der Waals surface area contributed by atoms with Crippen molar-refractivity contribution in [3.8, 4) is 5.88 Å². The Morgan fingerprint density at radius 3 is 2.68 bits per heavy atom. The first-order chi connectivity index (χ1) is 9.33. The Bertz CT molecular complexity index is 549. The Morgan fingerprint density at radius 2 is 2.16 bits per heavy atom. The lowest BCUT2D eigenvalue weighted by Gasteiger charge is -2.26. The molecule has 0 amide bonds. The van der Waals surface area contributed by atoms with E-state index in [1.807, 2.05) is 18.5 Å². The van der Waals surface area contributed by atoms with Gasteiger partial charge in [-0.25, -0.2) is 14.6 Å². The van der Waals surface area contributed by atoms with E-state index in [2.05, 4.69) is 22.0 Å². The highest BCUT2D eigenvalue weighted by Crippen LogP contribution is 2.27. The molecule has 2 aromatic rings. The van der Waals surface area contributed by atoms with Crippen LogP contribution in [0.5, 0.6) is 5.88 Å². The van der Waals surface area contributed by atoms with Crippen LogP contribution in [0.2, 0.25) is 0 Å². The largest absolute Gasteiger partial charge is 0.478 e. The lowest BCUT2D eigenvalue weighted by Crippen LogP contribution is -2.31. The quantitative estimate of drug-likeness (QED) is 0.848. The summed E-state index contributed by atoms with van der Waals surface area (Å²) in [6, 6.07) is 0.253. The molecule has 3 rings (SSSR count). The first kappa shape index (κ1) is 13.7. The van der Waals surface area contributed by atoms with Gasteiger partial charge >= 0.3 is 0 Å². The van der Waals surface area contributed by atoms with Crippen LogP contribution in [-0.2, 0) is 11.2 Å². The number of methoxy groups -OCH3 is 1. The van der Waals surface area contributed by atoms with Gasteiger partial charge in [0.15, 0.2) is 11.2 Å². The topological polar surface area (TPSA) is 62.1 Å². The van der Waals surface area contributed by atoms with E-state index in [1.54, 1.807) is 13.3 Å². The summed E-state index contributed by atoms with van der Waals surface area (Å²) < 4.78 is 12.3. The highest BCUT2D eigenvalue weighted by Gasteiger charge is 2.26. The van der Waals surface area contributed by atoms with Gasteiger partial charge in [-0.3, -0.25) is 0 Å². The maximum atomic E-state index is 5.23. The summed E-state index contributed by atoms with van der Waals surface area (Å²) in [7, 11) is 1.60. The van der Waals surface area contributed by atoms with Crippen molar-refractivity contribution >= 4 is 11.2 Å². The molecule has 0 unspecified atom stereocenters. The van der Waals surface area contributed by atoms with E-state index in [0.717, 1.165) is 23.3 Å². The minimum atomic E-state index is 0.253. The number of hydrogen-bond donors (Lipinski definition) is 0. The Balaban J connectivity index is 0.000000637. The lowest BCUT2D eigenvalue weighted by molar-refractivity contribution is -0.0272. The van der Waals surface area contributed by atoms with E-state index >= 15 is 0 Å². The molecule has 0 spiro atoms. The molecule has 1 fully saturated rings. The summed E-state index contributed by atoms with van der Waals surface area (Å²) in [6.07, 6.45) is 2.63. The minimum absolute atomic E-state index is 0.253. The van der Waals surface area contributed by atoms with Crippen molar-refractivity contribution in [1.29, 1.82) is 0 Å². The second-order valence-electron chi connectivity index (χ2n) is 4.03. The molecule has 2 aromatic heterocycles. The third kappa shape index (κ3) is 2.40. The lowest BCUT2D eigenvalue weighted by atomic mass is 10.2. The van der Waals surface area contributed by atoms with E-state index in [9.17, 15) is 0 Å². The number of rotatable bonds is 3. The van der Waals surface area contributed by atoms with Gasteiger partial charge in [0.2, 0.25) is 0 Å². The van der Waals surface area contributed by atoms with Crippen molar-refractivity contribution in [1.82, 2.24) is 19.7 Å². The van der Waals surface area contributed by atoms with Crippen LogP contribution in [0, 0.1) is 0 Å². The number of aryl methyl sites for hydroxylation is 1. The summed E-state index contributed by atoms with van der Waals surface area (Å²) in [4.78, 5) is 8.94. The van der Waals surface area contributed by atoms with Crippen LogP contribution in [0.1, 0.15) is 32.5 Å². The molecule has 1 aliphatic heterocycles. The highest BCUT2D eigenvalue weighted by molar-refractivity contribution is 5.76. The number of aromatic nitrogens is 4. The van der Waals surface area contributed by atoms with Gasteiger partial charge in [0.1, 0.15) is 6.04 Å². The van der Waals surface area contributed by atoms with Crippen molar-refractivity contribution in [2.24, 2.45) is 0 Å². The van der Waals surface area contributed by atoms with Crippen molar-refractivity contribution in [3.05, 3.63) is 11.9 Å². The second kappa shape index (κ2) is 5.97. The molecule has 0 aliphatic carbocycles. The maximum absolute atomic E-state index is 5.23. The molecule has 0 radical (unpaired) electrons. The summed E-state index contributed by atoms with van der Waals surface area (Å²) in [5, 5.41) is 4.39. The second-order valence-corrected chi connectivity index (χ2v) is 4.03. The van der Waals surface area contributed by atoms with E-state index in [4.69, 9.17) is 9.47 Å². The van der Waals surface area contributed by atoms with Crippen LogP contribution in [0.4, 0.5) is 0 Å². The summed E-state index contributed by atoms with van der Waals surface area (Å²) >= 11 is 0. The predicted molar refractivity (Wildman–Crippen MR) is 72.5 cm³/mol. The van der Waals surface area contributed by atoms with Gasteiger partial charge in [0.25, 0.3) is 5.88 Å². The van der Waals surface area contributed by atoms with Crippen LogP contribution >= 0.6 is 0 Å². The van der Waals surface area contributed by atoms with E-state index < -0.39 is 0 Å². The van der Waals surface area contributed by atoms with Crippen LogP contribution < -0.4 is 4.74 Å². The fourth-order valence-corrected chi connectivity index (χ4v) is 1.84. The zero-order valence-electron chi connectivity index (χ0n) is 11.9. The molecule has 0 saturated carbocycles. The molecule has 104 valence electrons. The first-order valence-corrected chi connectivity index (χ1v) is 6.69. The van der Waals surface area contributed by atoms with E-state index in [0.29, 0.717) is 19.1 Å². The first-order valence-electron chi connectivity index (χ1n) is 6.69. The molecule has 1 aliphatic rings. The van der Waals surface area contributed by atoms with Gasteiger partial charge in [-0.05, 0) is 6.42 Å². The maximum Gasteiger partial charge on any atom is 0.261 e. The summed E-state index contributed by atoms with van der Waals surface area (Å²) in [6.45, 7) is 7.41. The fraction of sp³-hybridized carbons (Fsp3) is 0.615. The van der Waals surface area contributed by atoms with E-state index in [1.165, 1.54) is 0 Å². The molecule has 0 atom stereocenters. The SMILES string of the molecule is CC.CCc1cnc2c(OC)nn(C3COC3)c2n1. The fourth-order valence-electron chi connectivity index (χ4n) is 1.84. The zero-order chi connectivity index (χ0) is 13.8. The molecule has 6 heteroatoms.